The molecule has 0 aromatic rings. The van der Waals surface area contributed by atoms with Crippen LogP contribution >= 0.6 is 0 Å². The summed E-state index contributed by atoms with van der Waals surface area (Å²) in [5, 5.41) is 20.9. The molecular weight excluding hydrogens is 134 g/mol. The second-order valence-corrected chi connectivity index (χ2v) is 2.94. The second-order valence-electron chi connectivity index (χ2n) is 2.94. The molecule has 10 heavy (non-hydrogen) atoms. The highest BCUT2D eigenvalue weighted by atomic mass is 16.3. The fraction of sp³-hybridized carbons (Fsp3) is 0.833. The van der Waals surface area contributed by atoms with Gasteiger partial charge in [0.05, 0.1) is 18.1 Å². The van der Waals surface area contributed by atoms with Gasteiger partial charge in [-0.15, -0.1) is 0 Å². The molecule has 0 radical (unpaired) electrons. The number of aliphatic hydroxyl groups excluding tert-OH is 2. The lowest BCUT2D eigenvalue weighted by molar-refractivity contribution is -0.131. The summed E-state index contributed by atoms with van der Waals surface area (Å²) in [6.07, 6.45) is -0.998. The summed E-state index contributed by atoms with van der Waals surface area (Å²) in [5.41, 5.74) is 0. The molecule has 1 amide bonds. The van der Waals surface area contributed by atoms with Gasteiger partial charge in [0.25, 0.3) is 0 Å². The van der Waals surface area contributed by atoms with E-state index < -0.39 is 12.2 Å². The van der Waals surface area contributed by atoms with Gasteiger partial charge in [-0.1, -0.05) is 0 Å². The predicted molar refractivity (Wildman–Crippen MR) is 32.1 cm³/mol. The van der Waals surface area contributed by atoms with E-state index in [4.69, 9.17) is 10.2 Å². The van der Waals surface area contributed by atoms with E-state index >= 15 is 0 Å². The molecule has 1 saturated carbocycles. The molecule has 4 atom stereocenters. The first-order chi connectivity index (χ1) is 4.70. The zero-order chi connectivity index (χ0) is 7.30. The van der Waals surface area contributed by atoms with Crippen molar-refractivity contribution in [1.29, 1.82) is 0 Å². The quantitative estimate of drug-likeness (QED) is 0.375. The van der Waals surface area contributed by atoms with Crippen LogP contribution in [0.5, 0.6) is 0 Å². The molecule has 0 unspecified atom stereocenters. The molecule has 0 aromatic heterocycles. The lowest BCUT2D eigenvalue weighted by Crippen LogP contribution is -2.48. The van der Waals surface area contributed by atoms with Crippen molar-refractivity contribution in [2.75, 3.05) is 0 Å². The fourth-order valence-corrected chi connectivity index (χ4v) is 1.72. The van der Waals surface area contributed by atoms with Crippen LogP contribution in [0.25, 0.3) is 0 Å². The van der Waals surface area contributed by atoms with Crippen LogP contribution in [0.1, 0.15) is 6.42 Å². The van der Waals surface area contributed by atoms with Crippen LogP contribution in [0, 0.1) is 5.92 Å². The normalized spacial score (nSPS) is 51.6. The molecule has 3 N–H and O–H groups in total. The van der Waals surface area contributed by atoms with Gasteiger partial charge in [-0.05, 0) is 6.42 Å². The molecule has 0 spiro atoms. The number of hydrogen-bond acceptors (Lipinski definition) is 3. The fourth-order valence-electron chi connectivity index (χ4n) is 1.72. The number of nitrogens with one attached hydrogen (secondary N) is 1. The maximum atomic E-state index is 10.8. The van der Waals surface area contributed by atoms with Crippen molar-refractivity contribution in [3.8, 4) is 0 Å². The van der Waals surface area contributed by atoms with Crippen LogP contribution < -0.4 is 5.32 Å². The Morgan fingerprint density at radius 3 is 2.50 bits per heavy atom. The number of carbonyl (C=O) groups is 1. The second kappa shape index (κ2) is 1.71. The summed E-state index contributed by atoms with van der Waals surface area (Å²) in [7, 11) is 0. The zero-order valence-corrected chi connectivity index (χ0v) is 5.32. The van der Waals surface area contributed by atoms with Crippen molar-refractivity contribution in [2.45, 2.75) is 24.7 Å². The topological polar surface area (TPSA) is 69.6 Å². The molecule has 4 heteroatoms. The van der Waals surface area contributed by atoms with Gasteiger partial charge in [-0.3, -0.25) is 4.79 Å². The Labute approximate surface area is 57.9 Å². The van der Waals surface area contributed by atoms with E-state index in [-0.39, 0.29) is 17.9 Å². The SMILES string of the molecule is O=C1N[C@@H]2C[C@H]1[C@@H](O)[C@H]2O. The number of piperidine rings is 1. The van der Waals surface area contributed by atoms with Crippen LogP contribution in [0.3, 0.4) is 0 Å². The van der Waals surface area contributed by atoms with E-state index in [0.717, 1.165) is 0 Å². The maximum absolute atomic E-state index is 10.8. The van der Waals surface area contributed by atoms with Crippen molar-refractivity contribution in [2.24, 2.45) is 5.92 Å². The Hall–Kier alpha value is -0.610. The highest BCUT2D eigenvalue weighted by Crippen LogP contribution is 2.32. The van der Waals surface area contributed by atoms with Gasteiger partial charge in [-0.25, -0.2) is 0 Å². The van der Waals surface area contributed by atoms with Gasteiger partial charge >= 0.3 is 0 Å². The molecule has 4 nitrogen and oxygen atoms in total. The van der Waals surface area contributed by atoms with Gasteiger partial charge in [0.15, 0.2) is 0 Å². The van der Waals surface area contributed by atoms with E-state index in [0.29, 0.717) is 6.42 Å². The predicted octanol–water partition coefficient (Wildman–Crippen LogP) is -1.77. The van der Waals surface area contributed by atoms with Crippen molar-refractivity contribution >= 4 is 5.91 Å². The molecule has 1 saturated heterocycles. The molecule has 2 rings (SSSR count). The number of fused-ring (bicyclic) bond motifs is 2. The number of aliphatic hydroxyl groups is 2. The van der Waals surface area contributed by atoms with Crippen molar-refractivity contribution < 1.29 is 15.0 Å². The highest BCUT2D eigenvalue weighted by Gasteiger charge is 2.51. The summed E-state index contributed by atoms with van der Waals surface area (Å²) < 4.78 is 0. The molecule has 2 fully saturated rings. The van der Waals surface area contributed by atoms with Gasteiger partial charge in [0, 0.05) is 0 Å². The monoisotopic (exact) mass is 143 g/mol. The van der Waals surface area contributed by atoms with Crippen LogP contribution in [0.2, 0.25) is 0 Å². The van der Waals surface area contributed by atoms with Crippen LogP contribution in [-0.2, 0) is 4.79 Å². The van der Waals surface area contributed by atoms with E-state index in [1.807, 2.05) is 0 Å². The highest BCUT2D eigenvalue weighted by molar-refractivity contribution is 5.83. The van der Waals surface area contributed by atoms with E-state index in [1.165, 1.54) is 0 Å². The lowest BCUT2D eigenvalue weighted by Gasteiger charge is -2.22. The van der Waals surface area contributed by atoms with Gasteiger partial charge < -0.3 is 15.5 Å². The molecule has 1 aliphatic carbocycles. The molecule has 2 bridgehead atoms. The average molecular weight is 143 g/mol. The first-order valence-corrected chi connectivity index (χ1v) is 3.36. The molecule has 0 aromatic carbocycles. The molecule has 1 heterocycles. The summed E-state index contributed by atoms with van der Waals surface area (Å²) in [6, 6.07) is -0.201. The van der Waals surface area contributed by atoms with E-state index in [2.05, 4.69) is 5.32 Å². The minimum atomic E-state index is -0.834. The maximum Gasteiger partial charge on any atom is 0.226 e. The summed E-state index contributed by atoms with van der Waals surface area (Å²) in [4.78, 5) is 10.8. The summed E-state index contributed by atoms with van der Waals surface area (Å²) >= 11 is 0. The van der Waals surface area contributed by atoms with Crippen LogP contribution in [0.15, 0.2) is 0 Å². The number of rotatable bonds is 0. The molecular formula is C6H9NO3. The standard InChI is InChI=1S/C6H9NO3/c8-4-2-1-3(5(4)9)7-6(2)10/h2-5,8-9H,1H2,(H,7,10)/t2-,3+,4+,5-/m0/s1. The van der Waals surface area contributed by atoms with Gasteiger partial charge in [-0.2, -0.15) is 0 Å². The molecule has 56 valence electrons. The van der Waals surface area contributed by atoms with Crippen LogP contribution in [0.4, 0.5) is 0 Å². The van der Waals surface area contributed by atoms with Crippen molar-refractivity contribution in [1.82, 2.24) is 5.32 Å². The van der Waals surface area contributed by atoms with Gasteiger partial charge in [0.2, 0.25) is 5.91 Å². The average Bonchev–Trinajstić information content (AvgIpc) is 2.36. The van der Waals surface area contributed by atoms with Crippen molar-refractivity contribution in [3.05, 3.63) is 0 Å². The third-order valence-electron chi connectivity index (χ3n) is 2.35. The minimum Gasteiger partial charge on any atom is -0.390 e. The Morgan fingerprint density at radius 1 is 1.40 bits per heavy atom. The first kappa shape index (κ1) is 6.12. The number of amides is 1. The number of hydrogen-bond donors (Lipinski definition) is 3. The van der Waals surface area contributed by atoms with Crippen molar-refractivity contribution in [3.63, 3.8) is 0 Å². The third-order valence-corrected chi connectivity index (χ3v) is 2.35. The zero-order valence-electron chi connectivity index (χ0n) is 5.32. The summed E-state index contributed by atoms with van der Waals surface area (Å²) in [6.45, 7) is 0. The number of carbonyl (C=O) groups excluding carboxylic acids is 1. The van der Waals surface area contributed by atoms with E-state index in [1.54, 1.807) is 0 Å². The first-order valence-electron chi connectivity index (χ1n) is 3.36. The van der Waals surface area contributed by atoms with Gasteiger partial charge in [0.1, 0.15) is 6.10 Å². The van der Waals surface area contributed by atoms with E-state index in [9.17, 15) is 4.79 Å². The Morgan fingerprint density at radius 2 is 2.10 bits per heavy atom. The Balaban J connectivity index is 2.24. The smallest absolute Gasteiger partial charge is 0.226 e. The molecule has 1 aliphatic heterocycles. The van der Waals surface area contributed by atoms with Crippen LogP contribution in [-0.4, -0.2) is 34.4 Å². The Kier molecular flexibility index (Phi) is 1.04. The lowest BCUT2D eigenvalue weighted by atomic mass is 10.1. The summed E-state index contributed by atoms with van der Waals surface area (Å²) in [5.74, 6) is -0.484. The largest absolute Gasteiger partial charge is 0.390 e. The minimum absolute atomic E-state index is 0.122. The molecule has 2 aliphatic rings. The third kappa shape index (κ3) is 0.552. The Bertz CT molecular complexity index is 180.